The van der Waals surface area contributed by atoms with Crippen molar-refractivity contribution in [2.75, 3.05) is 48.4 Å². The average molecular weight is 465 g/mol. The van der Waals surface area contributed by atoms with Crippen LogP contribution in [0.2, 0.25) is 0 Å². The predicted octanol–water partition coefficient (Wildman–Crippen LogP) is 3.00. The van der Waals surface area contributed by atoms with Gasteiger partial charge >= 0.3 is 6.03 Å². The number of carbonyl (C=O) groups excluding carboxylic acids is 1. The van der Waals surface area contributed by atoms with E-state index in [0.717, 1.165) is 37.4 Å². The number of piperazine rings is 1. The molecule has 0 aromatic carbocycles. The topological polar surface area (TPSA) is 99.9 Å². The van der Waals surface area contributed by atoms with Crippen molar-refractivity contribution in [2.24, 2.45) is 0 Å². The molecule has 3 aromatic heterocycles. The lowest BCUT2D eigenvalue weighted by Gasteiger charge is -2.36. The highest BCUT2D eigenvalue weighted by atomic mass is 16.5. The second-order valence-corrected chi connectivity index (χ2v) is 8.81. The molecule has 0 atom stereocenters. The number of ether oxygens (including phenoxy) is 1. The van der Waals surface area contributed by atoms with Crippen LogP contribution in [-0.4, -0.2) is 64.4 Å². The summed E-state index contributed by atoms with van der Waals surface area (Å²) < 4.78 is 7.12. The zero-order valence-electron chi connectivity index (χ0n) is 20.3. The molecule has 0 unspecified atom stereocenters. The maximum Gasteiger partial charge on any atom is 0.327 e. The largest absolute Gasteiger partial charge is 0.494 e. The van der Waals surface area contributed by atoms with Crippen LogP contribution in [0.1, 0.15) is 38.1 Å². The van der Waals surface area contributed by atoms with Gasteiger partial charge in [0.25, 0.3) is 0 Å². The Morgan fingerprint density at radius 1 is 1.26 bits per heavy atom. The standard InChI is InChI=1S/C22H26N8O2.C2H6/c1-14-25-19-11-18(32-2)16(12-30(19)27-14)26-21(31)29-9-4-15-17(3-7-23-20(15)29)28-10-8-24-22(13-28)5-6-22;1-2/h3,7,11-12,24H,4-6,8-10,13H2,1-2H3,(H,26,31);1-2H3. The zero-order valence-corrected chi connectivity index (χ0v) is 20.3. The molecule has 0 radical (unpaired) electrons. The first-order valence-electron chi connectivity index (χ1n) is 12.0. The lowest BCUT2D eigenvalue weighted by molar-refractivity contribution is 0.257. The molecule has 10 nitrogen and oxygen atoms in total. The van der Waals surface area contributed by atoms with Crippen molar-refractivity contribution >= 4 is 28.9 Å². The first-order valence-corrected chi connectivity index (χ1v) is 12.0. The number of hydrogen-bond acceptors (Lipinski definition) is 7. The fraction of sp³-hybridized carbons (Fsp3) is 0.500. The molecule has 1 aliphatic carbocycles. The number of methoxy groups -OCH3 is 1. The van der Waals surface area contributed by atoms with E-state index in [4.69, 9.17) is 4.74 Å². The van der Waals surface area contributed by atoms with E-state index < -0.39 is 0 Å². The molecule has 6 rings (SSSR count). The van der Waals surface area contributed by atoms with Crippen molar-refractivity contribution < 1.29 is 9.53 Å². The Balaban J connectivity index is 0.00000117. The zero-order chi connectivity index (χ0) is 23.9. The van der Waals surface area contributed by atoms with Gasteiger partial charge in [0.15, 0.2) is 5.65 Å². The number of urea groups is 1. The lowest BCUT2D eigenvalue weighted by Crippen LogP contribution is -2.52. The molecule has 2 N–H and O–H groups in total. The number of amides is 2. The molecule has 34 heavy (non-hydrogen) atoms. The van der Waals surface area contributed by atoms with Gasteiger partial charge in [-0.2, -0.15) is 5.10 Å². The Bertz CT molecular complexity index is 1220. The smallest absolute Gasteiger partial charge is 0.327 e. The minimum Gasteiger partial charge on any atom is -0.494 e. The van der Waals surface area contributed by atoms with Crippen LogP contribution in [0, 0.1) is 6.92 Å². The Kier molecular flexibility index (Phi) is 5.76. The van der Waals surface area contributed by atoms with Crippen LogP contribution in [0.25, 0.3) is 5.65 Å². The second kappa shape index (κ2) is 8.75. The first-order chi connectivity index (χ1) is 16.5. The van der Waals surface area contributed by atoms with Gasteiger partial charge in [0.2, 0.25) is 0 Å². The van der Waals surface area contributed by atoms with Gasteiger partial charge in [0.1, 0.15) is 23.1 Å². The maximum absolute atomic E-state index is 13.2. The summed E-state index contributed by atoms with van der Waals surface area (Å²) in [7, 11) is 1.57. The Morgan fingerprint density at radius 2 is 2.09 bits per heavy atom. The van der Waals surface area contributed by atoms with E-state index in [1.165, 1.54) is 18.5 Å². The normalized spacial score (nSPS) is 17.9. The fourth-order valence-corrected chi connectivity index (χ4v) is 4.88. The van der Waals surface area contributed by atoms with Crippen LogP contribution >= 0.6 is 0 Å². The molecule has 2 amide bonds. The van der Waals surface area contributed by atoms with E-state index in [2.05, 4.69) is 36.7 Å². The van der Waals surface area contributed by atoms with Crippen molar-refractivity contribution in [3.63, 3.8) is 0 Å². The van der Waals surface area contributed by atoms with E-state index in [9.17, 15) is 4.79 Å². The molecule has 3 aromatic rings. The minimum atomic E-state index is -0.234. The van der Waals surface area contributed by atoms with Crippen LogP contribution in [0.15, 0.2) is 24.5 Å². The number of aromatic nitrogens is 4. The van der Waals surface area contributed by atoms with E-state index in [1.807, 2.05) is 27.0 Å². The van der Waals surface area contributed by atoms with Gasteiger partial charge in [0.05, 0.1) is 13.3 Å². The molecular weight excluding hydrogens is 432 g/mol. The van der Waals surface area contributed by atoms with Gasteiger partial charge in [-0.25, -0.2) is 19.3 Å². The molecule has 5 heterocycles. The summed E-state index contributed by atoms with van der Waals surface area (Å²) >= 11 is 0. The lowest BCUT2D eigenvalue weighted by atomic mass is 10.1. The molecule has 0 bridgehead atoms. The molecule has 1 spiro atoms. The summed E-state index contributed by atoms with van der Waals surface area (Å²) in [6.45, 7) is 9.40. The number of aryl methyl sites for hydroxylation is 1. The molecule has 2 aliphatic heterocycles. The van der Waals surface area contributed by atoms with E-state index in [0.29, 0.717) is 35.0 Å². The van der Waals surface area contributed by atoms with E-state index >= 15 is 0 Å². The van der Waals surface area contributed by atoms with Crippen LogP contribution < -0.4 is 25.2 Å². The quantitative estimate of drug-likeness (QED) is 0.615. The number of carbonyl (C=O) groups is 1. The SMILES string of the molecule is CC.COc1cc2nc(C)nn2cc1NC(=O)N1CCc2c(N3CCNC4(CC4)C3)ccnc21. The third-order valence-corrected chi connectivity index (χ3v) is 6.67. The number of fused-ring (bicyclic) bond motifs is 2. The van der Waals surface area contributed by atoms with Crippen LogP contribution in [0.5, 0.6) is 5.75 Å². The molecular formula is C24H32N8O2. The summed E-state index contributed by atoms with van der Waals surface area (Å²) in [4.78, 5) is 26.3. The second-order valence-electron chi connectivity index (χ2n) is 8.81. The van der Waals surface area contributed by atoms with Gasteiger partial charge in [-0.15, -0.1) is 0 Å². The molecule has 1 saturated carbocycles. The van der Waals surface area contributed by atoms with Crippen LogP contribution in [0.3, 0.4) is 0 Å². The van der Waals surface area contributed by atoms with Crippen LogP contribution in [0.4, 0.5) is 22.0 Å². The maximum atomic E-state index is 13.2. The molecule has 10 heteroatoms. The average Bonchev–Trinajstić information content (AvgIpc) is 3.28. The summed E-state index contributed by atoms with van der Waals surface area (Å²) in [5.74, 6) is 1.93. The number of nitrogens with zero attached hydrogens (tertiary/aromatic N) is 6. The van der Waals surface area contributed by atoms with E-state index in [1.54, 1.807) is 28.8 Å². The number of hydrogen-bond donors (Lipinski definition) is 2. The Hall–Kier alpha value is -3.40. The third kappa shape index (κ3) is 3.91. The highest BCUT2D eigenvalue weighted by Crippen LogP contribution is 2.41. The van der Waals surface area contributed by atoms with Gasteiger partial charge < -0.3 is 20.3 Å². The summed E-state index contributed by atoms with van der Waals surface area (Å²) in [5.41, 5.74) is 3.85. The number of rotatable bonds is 3. The van der Waals surface area contributed by atoms with Crippen molar-refractivity contribution in [1.82, 2.24) is 24.9 Å². The highest BCUT2D eigenvalue weighted by molar-refractivity contribution is 6.03. The molecule has 2 fully saturated rings. The van der Waals surface area contributed by atoms with Gasteiger partial charge in [-0.05, 0) is 32.3 Å². The van der Waals surface area contributed by atoms with Gasteiger partial charge in [-0.3, -0.25) is 4.90 Å². The first kappa shape index (κ1) is 22.4. The fourth-order valence-electron chi connectivity index (χ4n) is 4.88. The van der Waals surface area contributed by atoms with Crippen molar-refractivity contribution in [2.45, 2.75) is 45.6 Å². The molecule has 3 aliphatic rings. The van der Waals surface area contributed by atoms with Crippen molar-refractivity contribution in [3.8, 4) is 5.75 Å². The summed E-state index contributed by atoms with van der Waals surface area (Å²) in [6, 6.07) is 3.62. The monoisotopic (exact) mass is 464 g/mol. The molecule has 180 valence electrons. The van der Waals surface area contributed by atoms with Crippen molar-refractivity contribution in [3.05, 3.63) is 35.9 Å². The Labute approximate surface area is 199 Å². The summed E-state index contributed by atoms with van der Waals surface area (Å²) in [6.07, 6.45) is 6.81. The van der Waals surface area contributed by atoms with Gasteiger partial charge in [0, 0.05) is 55.2 Å². The third-order valence-electron chi connectivity index (χ3n) is 6.67. The van der Waals surface area contributed by atoms with Gasteiger partial charge in [-0.1, -0.05) is 13.8 Å². The van der Waals surface area contributed by atoms with Crippen LogP contribution in [-0.2, 0) is 6.42 Å². The predicted molar refractivity (Wildman–Crippen MR) is 132 cm³/mol. The van der Waals surface area contributed by atoms with Crippen molar-refractivity contribution in [1.29, 1.82) is 0 Å². The van der Waals surface area contributed by atoms with E-state index in [-0.39, 0.29) is 6.03 Å². The Morgan fingerprint density at radius 3 is 2.85 bits per heavy atom. The highest BCUT2D eigenvalue weighted by Gasteiger charge is 2.46. The molecule has 1 saturated heterocycles. The minimum absolute atomic E-state index is 0.234. The number of anilines is 3. The number of nitrogens with one attached hydrogen (secondary N) is 2. The number of pyridine rings is 2. The summed E-state index contributed by atoms with van der Waals surface area (Å²) in [5, 5.41) is 11.0.